The maximum atomic E-state index is 13.5. The van der Waals surface area contributed by atoms with E-state index in [0.717, 1.165) is 35.4 Å². The van der Waals surface area contributed by atoms with Crippen LogP contribution < -0.4 is 14.9 Å². The van der Waals surface area contributed by atoms with Crippen molar-refractivity contribution in [2.75, 3.05) is 34.2 Å². The highest BCUT2D eigenvalue weighted by molar-refractivity contribution is 7.93. The third-order valence-corrected chi connectivity index (χ3v) is 12.7. The lowest BCUT2D eigenvalue weighted by Gasteiger charge is -2.31. The van der Waals surface area contributed by atoms with E-state index in [1.165, 1.54) is 23.5 Å². The van der Waals surface area contributed by atoms with Gasteiger partial charge in [-0.2, -0.15) is 5.26 Å². The second kappa shape index (κ2) is 11.6. The number of nitriles is 1. The number of benzene rings is 2. The lowest BCUT2D eigenvalue weighted by molar-refractivity contribution is -0.127. The molecule has 1 saturated heterocycles. The SMILES string of the molecule is N#CC1(NC(=O)C2CCCCC2c2nc(NS(=O)(=O)c3ccccc3)sc2-c2ccc(N3CCS(=O)(=O)CC3)cc2)CC1. The molecule has 13 heteroatoms. The van der Waals surface area contributed by atoms with Crippen LogP contribution in [0.25, 0.3) is 10.4 Å². The number of sulfone groups is 1. The molecule has 6 rings (SSSR count). The number of anilines is 2. The molecule has 2 heterocycles. The first-order valence-electron chi connectivity index (χ1n) is 14.5. The van der Waals surface area contributed by atoms with Gasteiger partial charge < -0.3 is 10.2 Å². The number of nitrogens with one attached hydrogen (secondary N) is 2. The molecule has 2 unspecified atom stereocenters. The Labute approximate surface area is 256 Å². The number of hydrogen-bond acceptors (Lipinski definition) is 9. The summed E-state index contributed by atoms with van der Waals surface area (Å²) < 4.78 is 52.8. The quantitative estimate of drug-likeness (QED) is 0.371. The van der Waals surface area contributed by atoms with Gasteiger partial charge in [0.25, 0.3) is 10.0 Å². The molecule has 2 N–H and O–H groups in total. The summed E-state index contributed by atoms with van der Waals surface area (Å²) >= 11 is 1.23. The summed E-state index contributed by atoms with van der Waals surface area (Å²) in [5.74, 6) is -0.525. The number of aromatic nitrogens is 1. The van der Waals surface area contributed by atoms with Gasteiger partial charge in [-0.05, 0) is 55.5 Å². The van der Waals surface area contributed by atoms with Gasteiger partial charge in [0.05, 0.1) is 33.0 Å². The van der Waals surface area contributed by atoms with Crippen molar-refractivity contribution in [3.8, 4) is 16.5 Å². The van der Waals surface area contributed by atoms with E-state index in [4.69, 9.17) is 4.98 Å². The summed E-state index contributed by atoms with van der Waals surface area (Å²) in [4.78, 5) is 21.3. The molecular formula is C30H33N5O5S3. The first kappa shape index (κ1) is 29.6. The van der Waals surface area contributed by atoms with Gasteiger partial charge in [0.1, 0.15) is 5.54 Å². The Bertz CT molecular complexity index is 1750. The number of amides is 1. The van der Waals surface area contributed by atoms with Crippen LogP contribution in [0, 0.1) is 17.2 Å². The number of carbonyl (C=O) groups excluding carboxylic acids is 1. The average molecular weight is 640 g/mol. The smallest absolute Gasteiger partial charge is 0.263 e. The number of hydrogen-bond donors (Lipinski definition) is 2. The summed E-state index contributed by atoms with van der Waals surface area (Å²) in [5, 5.41) is 12.8. The summed E-state index contributed by atoms with van der Waals surface area (Å²) in [6.07, 6.45) is 4.49. The molecule has 3 fully saturated rings. The van der Waals surface area contributed by atoms with E-state index in [1.54, 1.807) is 18.2 Å². The molecule has 3 aromatic rings. The van der Waals surface area contributed by atoms with Crippen LogP contribution in [-0.2, 0) is 24.7 Å². The van der Waals surface area contributed by atoms with Crippen LogP contribution in [0.4, 0.5) is 10.8 Å². The Morgan fingerprint density at radius 3 is 2.35 bits per heavy atom. The van der Waals surface area contributed by atoms with E-state index in [-0.39, 0.29) is 39.3 Å². The summed E-state index contributed by atoms with van der Waals surface area (Å²) in [6, 6.07) is 18.1. The van der Waals surface area contributed by atoms with Gasteiger partial charge in [-0.3, -0.25) is 9.52 Å². The standard InChI is InChI=1S/C30H33N5O5S3/c31-20-30(14-15-30)33-28(36)25-9-5-4-8-24(25)26-27(41-29(32-26)34-43(39,40)23-6-2-1-3-7-23)21-10-12-22(13-11-21)35-16-18-42(37,38)19-17-35/h1-3,6-7,10-13,24-25H,4-5,8-9,14-19H2,(H,32,34)(H,33,36). The Kier molecular flexibility index (Phi) is 7.95. The zero-order chi connectivity index (χ0) is 30.2. The Hall–Kier alpha value is -3.47. The van der Waals surface area contributed by atoms with Gasteiger partial charge >= 0.3 is 0 Å². The fourth-order valence-electron chi connectivity index (χ4n) is 5.89. The maximum Gasteiger partial charge on any atom is 0.263 e. The first-order valence-corrected chi connectivity index (χ1v) is 18.6. The molecular weight excluding hydrogens is 607 g/mol. The third kappa shape index (κ3) is 6.41. The molecule has 43 heavy (non-hydrogen) atoms. The first-order chi connectivity index (χ1) is 20.6. The zero-order valence-corrected chi connectivity index (χ0v) is 26.0. The van der Waals surface area contributed by atoms with Crippen LogP contribution >= 0.6 is 11.3 Å². The number of thiazole rings is 1. The second-order valence-electron chi connectivity index (χ2n) is 11.5. The van der Waals surface area contributed by atoms with Gasteiger partial charge in [0.15, 0.2) is 15.0 Å². The average Bonchev–Trinajstić information content (AvgIpc) is 3.67. The highest BCUT2D eigenvalue weighted by atomic mass is 32.2. The van der Waals surface area contributed by atoms with Gasteiger partial charge in [-0.15, -0.1) is 0 Å². The number of nitrogens with zero attached hydrogens (tertiary/aromatic N) is 3. The highest BCUT2D eigenvalue weighted by Crippen LogP contribution is 2.46. The molecule has 0 bridgehead atoms. The number of carbonyl (C=O) groups is 1. The summed E-state index contributed by atoms with van der Waals surface area (Å²) in [7, 11) is -6.88. The molecule has 10 nitrogen and oxygen atoms in total. The number of rotatable bonds is 8. The van der Waals surface area contributed by atoms with E-state index in [1.807, 2.05) is 29.2 Å². The van der Waals surface area contributed by atoms with Crippen LogP contribution in [-0.4, -0.2) is 57.9 Å². The predicted octanol–water partition coefficient (Wildman–Crippen LogP) is 4.29. The van der Waals surface area contributed by atoms with Crippen molar-refractivity contribution < 1.29 is 21.6 Å². The van der Waals surface area contributed by atoms with Crippen LogP contribution in [0.15, 0.2) is 59.5 Å². The van der Waals surface area contributed by atoms with Crippen molar-refractivity contribution in [2.24, 2.45) is 5.92 Å². The van der Waals surface area contributed by atoms with Crippen LogP contribution in [0.3, 0.4) is 0 Å². The van der Waals surface area contributed by atoms with Gasteiger partial charge in [0, 0.05) is 30.6 Å². The van der Waals surface area contributed by atoms with E-state index in [0.29, 0.717) is 38.0 Å². The Balaban J connectivity index is 1.34. The topological polar surface area (TPSA) is 149 Å². The fraction of sp³-hybridized carbons (Fsp3) is 0.433. The van der Waals surface area contributed by atoms with Crippen molar-refractivity contribution in [3.05, 3.63) is 60.3 Å². The van der Waals surface area contributed by atoms with Gasteiger partial charge in [-0.1, -0.05) is 54.5 Å². The molecule has 2 atom stereocenters. The van der Waals surface area contributed by atoms with Crippen LogP contribution in [0.5, 0.6) is 0 Å². The maximum absolute atomic E-state index is 13.5. The third-order valence-electron chi connectivity index (χ3n) is 8.55. The van der Waals surface area contributed by atoms with Gasteiger partial charge in [0.2, 0.25) is 5.91 Å². The van der Waals surface area contributed by atoms with E-state index >= 15 is 0 Å². The second-order valence-corrected chi connectivity index (χ2v) is 16.5. The minimum Gasteiger partial charge on any atom is -0.369 e. The monoisotopic (exact) mass is 639 g/mol. The molecule has 2 aliphatic carbocycles. The van der Waals surface area contributed by atoms with Gasteiger partial charge in [-0.25, -0.2) is 21.8 Å². The molecule has 2 saturated carbocycles. The van der Waals surface area contributed by atoms with Crippen molar-refractivity contribution >= 4 is 47.9 Å². The van der Waals surface area contributed by atoms with Crippen molar-refractivity contribution in [3.63, 3.8) is 0 Å². The summed E-state index contributed by atoms with van der Waals surface area (Å²) in [5.41, 5.74) is 1.65. The molecule has 0 radical (unpaired) electrons. The Morgan fingerprint density at radius 2 is 1.70 bits per heavy atom. The molecule has 226 valence electrons. The predicted molar refractivity (Wildman–Crippen MR) is 166 cm³/mol. The molecule has 2 aromatic carbocycles. The van der Waals surface area contributed by atoms with Crippen molar-refractivity contribution in [1.82, 2.24) is 10.3 Å². The van der Waals surface area contributed by atoms with E-state index in [9.17, 15) is 26.9 Å². The largest absolute Gasteiger partial charge is 0.369 e. The minimum atomic E-state index is -3.88. The van der Waals surface area contributed by atoms with Crippen molar-refractivity contribution in [2.45, 2.75) is 54.9 Å². The highest BCUT2D eigenvalue weighted by Gasteiger charge is 2.47. The van der Waals surface area contributed by atoms with Crippen molar-refractivity contribution in [1.29, 1.82) is 5.26 Å². The Morgan fingerprint density at radius 1 is 1.02 bits per heavy atom. The fourth-order valence-corrected chi connectivity index (χ4v) is 9.39. The molecule has 0 spiro atoms. The summed E-state index contributed by atoms with van der Waals surface area (Å²) in [6.45, 7) is 0.865. The molecule has 1 aromatic heterocycles. The van der Waals surface area contributed by atoms with Crippen LogP contribution in [0.1, 0.15) is 50.1 Å². The molecule has 1 aliphatic heterocycles. The zero-order valence-electron chi connectivity index (χ0n) is 23.5. The van der Waals surface area contributed by atoms with Crippen LogP contribution in [0.2, 0.25) is 0 Å². The molecule has 1 amide bonds. The minimum absolute atomic E-state index is 0.122. The number of sulfonamides is 1. The van der Waals surface area contributed by atoms with E-state index < -0.39 is 25.4 Å². The van der Waals surface area contributed by atoms with E-state index in [2.05, 4.69) is 16.1 Å². The lowest BCUT2D eigenvalue weighted by Crippen LogP contribution is -2.42. The normalized spacial score (nSPS) is 22.7. The lowest BCUT2D eigenvalue weighted by atomic mass is 9.76. The molecule has 3 aliphatic rings.